The number of hydrogen-bond donors (Lipinski definition) is 1. The number of morpholine rings is 1. The minimum absolute atomic E-state index is 0.0704. The van der Waals surface area contributed by atoms with E-state index in [1.54, 1.807) is 4.90 Å². The van der Waals surface area contributed by atoms with Crippen molar-refractivity contribution >= 4 is 11.8 Å². The molecular formula is C14H23N3O3. The molecule has 2 amide bonds. The lowest BCUT2D eigenvalue weighted by atomic mass is 10.2. The van der Waals surface area contributed by atoms with E-state index in [0.29, 0.717) is 45.4 Å². The average molecular weight is 281 g/mol. The molecule has 112 valence electrons. The Morgan fingerprint density at radius 1 is 1.10 bits per heavy atom. The molecule has 3 aliphatic rings. The van der Waals surface area contributed by atoms with Gasteiger partial charge in [-0.15, -0.1) is 0 Å². The van der Waals surface area contributed by atoms with Gasteiger partial charge in [0, 0.05) is 25.7 Å². The number of carbonyl (C=O) groups excluding carboxylic acids is 2. The predicted octanol–water partition coefficient (Wildman–Crippen LogP) is -0.412. The second-order valence-corrected chi connectivity index (χ2v) is 5.84. The van der Waals surface area contributed by atoms with Crippen molar-refractivity contribution in [2.24, 2.45) is 0 Å². The lowest BCUT2D eigenvalue weighted by molar-refractivity contribution is -0.146. The van der Waals surface area contributed by atoms with Gasteiger partial charge in [-0.1, -0.05) is 0 Å². The first kappa shape index (κ1) is 13.8. The molecule has 1 saturated carbocycles. The van der Waals surface area contributed by atoms with Crippen LogP contribution >= 0.6 is 0 Å². The van der Waals surface area contributed by atoms with Crippen molar-refractivity contribution in [1.29, 1.82) is 0 Å². The van der Waals surface area contributed by atoms with Crippen molar-refractivity contribution in [2.45, 2.75) is 37.8 Å². The highest BCUT2D eigenvalue weighted by Crippen LogP contribution is 2.21. The second-order valence-electron chi connectivity index (χ2n) is 5.84. The number of ether oxygens (including phenoxy) is 1. The number of likely N-dealkylation sites (tertiary alicyclic amines) is 1. The van der Waals surface area contributed by atoms with Crippen molar-refractivity contribution in [3.05, 3.63) is 0 Å². The van der Waals surface area contributed by atoms with Crippen LogP contribution in [0.4, 0.5) is 0 Å². The molecule has 0 aromatic heterocycles. The van der Waals surface area contributed by atoms with Crippen molar-refractivity contribution in [3.8, 4) is 0 Å². The minimum Gasteiger partial charge on any atom is -0.378 e. The van der Waals surface area contributed by atoms with Crippen LogP contribution in [0.5, 0.6) is 0 Å². The molecule has 0 bridgehead atoms. The molecule has 1 aliphatic carbocycles. The van der Waals surface area contributed by atoms with Gasteiger partial charge >= 0.3 is 0 Å². The summed E-state index contributed by atoms with van der Waals surface area (Å²) < 4.78 is 5.27. The SMILES string of the molecule is O=C(C1CCCN1C(=O)CNC1CC1)N1CCOCC1. The monoisotopic (exact) mass is 281 g/mol. The third-order valence-corrected chi connectivity index (χ3v) is 4.30. The van der Waals surface area contributed by atoms with E-state index in [9.17, 15) is 9.59 Å². The highest BCUT2D eigenvalue weighted by atomic mass is 16.5. The molecule has 2 heterocycles. The fraction of sp³-hybridized carbons (Fsp3) is 0.857. The predicted molar refractivity (Wildman–Crippen MR) is 73.2 cm³/mol. The van der Waals surface area contributed by atoms with Crippen LogP contribution in [-0.4, -0.2) is 73.1 Å². The minimum atomic E-state index is -0.249. The summed E-state index contributed by atoms with van der Waals surface area (Å²) in [5, 5.41) is 3.24. The molecule has 2 aliphatic heterocycles. The van der Waals surface area contributed by atoms with Gasteiger partial charge in [0.1, 0.15) is 6.04 Å². The zero-order valence-electron chi connectivity index (χ0n) is 11.8. The highest BCUT2D eigenvalue weighted by Gasteiger charge is 2.37. The van der Waals surface area contributed by atoms with E-state index in [0.717, 1.165) is 12.8 Å². The summed E-state index contributed by atoms with van der Waals surface area (Å²) in [5.41, 5.74) is 0. The Labute approximate surface area is 119 Å². The molecule has 3 rings (SSSR count). The topological polar surface area (TPSA) is 61.9 Å². The van der Waals surface area contributed by atoms with E-state index in [1.165, 1.54) is 12.8 Å². The molecule has 1 atom stereocenters. The second kappa shape index (κ2) is 6.10. The molecule has 3 fully saturated rings. The Bertz CT molecular complexity index is 378. The van der Waals surface area contributed by atoms with Crippen LogP contribution in [0.2, 0.25) is 0 Å². The molecule has 6 nitrogen and oxygen atoms in total. The summed E-state index contributed by atoms with van der Waals surface area (Å²) in [4.78, 5) is 28.4. The largest absolute Gasteiger partial charge is 0.378 e. The van der Waals surface area contributed by atoms with Crippen LogP contribution < -0.4 is 5.32 Å². The van der Waals surface area contributed by atoms with Crippen molar-refractivity contribution in [1.82, 2.24) is 15.1 Å². The van der Waals surface area contributed by atoms with Gasteiger partial charge in [-0.25, -0.2) is 0 Å². The lowest BCUT2D eigenvalue weighted by Crippen LogP contribution is -2.52. The van der Waals surface area contributed by atoms with Crippen LogP contribution in [0, 0.1) is 0 Å². The summed E-state index contributed by atoms with van der Waals surface area (Å²) in [6.07, 6.45) is 4.06. The van der Waals surface area contributed by atoms with E-state index >= 15 is 0 Å². The van der Waals surface area contributed by atoms with E-state index in [2.05, 4.69) is 5.32 Å². The maximum atomic E-state index is 12.5. The van der Waals surface area contributed by atoms with E-state index in [-0.39, 0.29) is 17.9 Å². The van der Waals surface area contributed by atoms with Gasteiger partial charge in [0.05, 0.1) is 19.8 Å². The third-order valence-electron chi connectivity index (χ3n) is 4.30. The zero-order valence-corrected chi connectivity index (χ0v) is 11.8. The van der Waals surface area contributed by atoms with Crippen molar-refractivity contribution < 1.29 is 14.3 Å². The number of carbonyl (C=O) groups is 2. The first-order chi connectivity index (χ1) is 9.75. The van der Waals surface area contributed by atoms with Gasteiger partial charge in [0.15, 0.2) is 0 Å². The lowest BCUT2D eigenvalue weighted by Gasteiger charge is -2.32. The number of hydrogen-bond acceptors (Lipinski definition) is 4. The van der Waals surface area contributed by atoms with Gasteiger partial charge in [0.25, 0.3) is 0 Å². The Morgan fingerprint density at radius 3 is 2.55 bits per heavy atom. The van der Waals surface area contributed by atoms with Crippen LogP contribution in [0.1, 0.15) is 25.7 Å². The Hall–Kier alpha value is -1.14. The summed E-state index contributed by atoms with van der Waals surface area (Å²) >= 11 is 0. The van der Waals surface area contributed by atoms with Crippen LogP contribution in [0.15, 0.2) is 0 Å². The fourth-order valence-corrected chi connectivity index (χ4v) is 2.94. The van der Waals surface area contributed by atoms with Crippen LogP contribution in [-0.2, 0) is 14.3 Å². The summed E-state index contributed by atoms with van der Waals surface area (Å²) in [5.74, 6) is 0.173. The number of nitrogens with one attached hydrogen (secondary N) is 1. The van der Waals surface area contributed by atoms with Gasteiger partial charge < -0.3 is 19.9 Å². The molecule has 2 saturated heterocycles. The smallest absolute Gasteiger partial charge is 0.245 e. The van der Waals surface area contributed by atoms with Gasteiger partial charge in [-0.3, -0.25) is 9.59 Å². The van der Waals surface area contributed by atoms with E-state index < -0.39 is 0 Å². The van der Waals surface area contributed by atoms with Crippen LogP contribution in [0.3, 0.4) is 0 Å². The molecule has 6 heteroatoms. The molecule has 1 unspecified atom stereocenters. The van der Waals surface area contributed by atoms with E-state index in [4.69, 9.17) is 4.74 Å². The Kier molecular flexibility index (Phi) is 4.21. The third kappa shape index (κ3) is 3.12. The normalized spacial score (nSPS) is 26.9. The maximum absolute atomic E-state index is 12.5. The standard InChI is InChI=1S/C14H23N3O3/c18-13(10-15-11-3-4-11)17-5-1-2-12(17)14(19)16-6-8-20-9-7-16/h11-12,15H,1-10H2. The zero-order chi connectivity index (χ0) is 13.9. The average Bonchev–Trinajstić information content (AvgIpc) is 3.19. The molecule has 0 aromatic rings. The molecule has 0 spiro atoms. The molecule has 0 aromatic carbocycles. The molecular weight excluding hydrogens is 258 g/mol. The Balaban J connectivity index is 1.55. The number of amides is 2. The van der Waals surface area contributed by atoms with Crippen molar-refractivity contribution in [3.63, 3.8) is 0 Å². The maximum Gasteiger partial charge on any atom is 0.245 e. The summed E-state index contributed by atoms with van der Waals surface area (Å²) in [6.45, 7) is 3.60. The van der Waals surface area contributed by atoms with Gasteiger partial charge in [-0.2, -0.15) is 0 Å². The summed E-state index contributed by atoms with van der Waals surface area (Å²) in [7, 11) is 0. The summed E-state index contributed by atoms with van der Waals surface area (Å²) in [6, 6.07) is 0.275. The van der Waals surface area contributed by atoms with Crippen molar-refractivity contribution in [2.75, 3.05) is 39.4 Å². The first-order valence-electron chi connectivity index (χ1n) is 7.65. The molecule has 20 heavy (non-hydrogen) atoms. The van der Waals surface area contributed by atoms with Gasteiger partial charge in [0.2, 0.25) is 11.8 Å². The highest BCUT2D eigenvalue weighted by molar-refractivity contribution is 5.89. The van der Waals surface area contributed by atoms with E-state index in [1.807, 2.05) is 4.90 Å². The Morgan fingerprint density at radius 2 is 1.85 bits per heavy atom. The van der Waals surface area contributed by atoms with Gasteiger partial charge in [-0.05, 0) is 25.7 Å². The number of nitrogens with zero attached hydrogens (tertiary/aromatic N) is 2. The quantitative estimate of drug-likeness (QED) is 0.761. The fourth-order valence-electron chi connectivity index (χ4n) is 2.94. The first-order valence-corrected chi connectivity index (χ1v) is 7.65. The van der Waals surface area contributed by atoms with Crippen LogP contribution in [0.25, 0.3) is 0 Å². The number of rotatable bonds is 4. The molecule has 1 N–H and O–H groups in total. The molecule has 0 radical (unpaired) electrons.